The molecule has 0 saturated heterocycles. The molecule has 1 aliphatic rings. The summed E-state index contributed by atoms with van der Waals surface area (Å²) in [6.45, 7) is 15.2. The van der Waals surface area contributed by atoms with Crippen molar-refractivity contribution in [2.75, 3.05) is 4.90 Å². The van der Waals surface area contributed by atoms with Gasteiger partial charge in [-0.15, -0.1) is 0 Å². The maximum Gasteiger partial charge on any atom is 0.256 e. The van der Waals surface area contributed by atoms with Crippen molar-refractivity contribution in [3.05, 3.63) is 28.8 Å². The van der Waals surface area contributed by atoms with E-state index in [0.717, 1.165) is 6.42 Å². The van der Waals surface area contributed by atoms with Gasteiger partial charge in [0.1, 0.15) is 6.04 Å². The average molecular weight is 317 g/mol. The van der Waals surface area contributed by atoms with Gasteiger partial charge in [-0.05, 0) is 68.7 Å². The van der Waals surface area contributed by atoms with Crippen molar-refractivity contribution in [3.8, 4) is 0 Å². The third-order valence-corrected chi connectivity index (χ3v) is 5.21. The second-order valence-electron chi connectivity index (χ2n) is 7.98. The van der Waals surface area contributed by atoms with Gasteiger partial charge in [-0.1, -0.05) is 26.8 Å². The van der Waals surface area contributed by atoms with E-state index in [9.17, 15) is 4.79 Å². The molecule has 1 heterocycles. The Bertz CT molecular complexity index is 607. The molecule has 0 aromatic heterocycles. The fourth-order valence-electron chi connectivity index (χ4n) is 4.04. The zero-order valence-electron chi connectivity index (χ0n) is 15.5. The number of nitrogens with one attached hydrogen (secondary N) is 1. The molecule has 2 rings (SSSR count). The number of hydrogen-bond acceptors (Lipinski definition) is 3. The van der Waals surface area contributed by atoms with Gasteiger partial charge < -0.3 is 4.90 Å². The summed E-state index contributed by atoms with van der Waals surface area (Å²) >= 11 is 0. The third kappa shape index (κ3) is 3.09. The first-order valence-corrected chi connectivity index (χ1v) is 8.51. The summed E-state index contributed by atoms with van der Waals surface area (Å²) in [5, 5.41) is 0. The number of benzene rings is 1. The topological polar surface area (TPSA) is 58.4 Å². The number of nitrogens with two attached hydrogens (primary N) is 1. The van der Waals surface area contributed by atoms with E-state index in [0.29, 0.717) is 5.92 Å². The molecule has 2 atom stereocenters. The van der Waals surface area contributed by atoms with Crippen molar-refractivity contribution in [2.45, 2.75) is 72.4 Å². The summed E-state index contributed by atoms with van der Waals surface area (Å²) < 4.78 is 0. The van der Waals surface area contributed by atoms with E-state index in [1.54, 1.807) is 0 Å². The average Bonchev–Trinajstić information content (AvgIpc) is 2.44. The van der Waals surface area contributed by atoms with Crippen molar-refractivity contribution in [1.82, 2.24) is 5.43 Å². The summed E-state index contributed by atoms with van der Waals surface area (Å²) in [4.78, 5) is 14.8. The molecular formula is C19H31N3O. The lowest BCUT2D eigenvalue weighted by Gasteiger charge is -2.51. The number of hydrazine groups is 1. The Morgan fingerprint density at radius 1 is 1.30 bits per heavy atom. The van der Waals surface area contributed by atoms with Gasteiger partial charge in [-0.25, -0.2) is 5.84 Å². The number of nitrogens with zero attached hydrogens (tertiary/aromatic N) is 1. The lowest BCUT2D eigenvalue weighted by molar-refractivity contribution is -0.123. The van der Waals surface area contributed by atoms with Gasteiger partial charge in [-0.2, -0.15) is 0 Å². The molecule has 0 radical (unpaired) electrons. The summed E-state index contributed by atoms with van der Waals surface area (Å²) in [6, 6.07) is 4.25. The van der Waals surface area contributed by atoms with Gasteiger partial charge in [0, 0.05) is 11.2 Å². The van der Waals surface area contributed by atoms with Gasteiger partial charge in [0.2, 0.25) is 0 Å². The number of amides is 1. The van der Waals surface area contributed by atoms with Crippen LogP contribution in [0.25, 0.3) is 0 Å². The Hall–Kier alpha value is -1.55. The van der Waals surface area contributed by atoms with Crippen LogP contribution in [0.4, 0.5) is 5.69 Å². The van der Waals surface area contributed by atoms with E-state index in [2.05, 4.69) is 70.9 Å². The summed E-state index contributed by atoms with van der Waals surface area (Å²) in [7, 11) is 0. The highest BCUT2D eigenvalue weighted by Crippen LogP contribution is 2.46. The van der Waals surface area contributed by atoms with Gasteiger partial charge >= 0.3 is 0 Å². The maximum absolute atomic E-state index is 12.5. The number of fused-ring (bicyclic) bond motifs is 1. The number of carbonyl (C=O) groups excluding carboxylic acids is 1. The maximum atomic E-state index is 12.5. The fourth-order valence-corrected chi connectivity index (χ4v) is 4.04. The number of carbonyl (C=O) groups is 1. The van der Waals surface area contributed by atoms with Crippen LogP contribution in [-0.4, -0.2) is 17.5 Å². The largest absolute Gasteiger partial charge is 0.354 e. The molecule has 1 aromatic rings. The Balaban J connectivity index is 2.67. The van der Waals surface area contributed by atoms with E-state index in [4.69, 9.17) is 5.84 Å². The van der Waals surface area contributed by atoms with Crippen LogP contribution in [0.5, 0.6) is 0 Å². The van der Waals surface area contributed by atoms with Crippen LogP contribution >= 0.6 is 0 Å². The molecule has 0 bridgehead atoms. The summed E-state index contributed by atoms with van der Waals surface area (Å²) in [5.74, 6) is 6.01. The molecule has 0 aliphatic carbocycles. The molecule has 4 nitrogen and oxygen atoms in total. The molecule has 0 saturated carbocycles. The van der Waals surface area contributed by atoms with Crippen LogP contribution < -0.4 is 16.2 Å². The van der Waals surface area contributed by atoms with Gasteiger partial charge in [-0.3, -0.25) is 10.2 Å². The quantitative estimate of drug-likeness (QED) is 0.510. The van der Waals surface area contributed by atoms with Crippen LogP contribution in [0.3, 0.4) is 0 Å². The highest BCUT2D eigenvalue weighted by molar-refractivity contribution is 5.86. The standard InChI is InChI=1S/C19H31N3O/c1-11(2)17(18(23)21-20)22-16-9-13(4)12(3)8-15(16)14(5)10-19(22,6)7/h8-9,11,14,17H,10,20H2,1-7H3,(H,21,23)/t14-,17+/m0/s1. The summed E-state index contributed by atoms with van der Waals surface area (Å²) in [6.07, 6.45) is 1.02. The molecule has 1 aromatic carbocycles. The Kier molecular flexibility index (Phi) is 4.76. The number of anilines is 1. The van der Waals surface area contributed by atoms with E-state index in [1.165, 1.54) is 22.4 Å². The van der Waals surface area contributed by atoms with E-state index in [-0.39, 0.29) is 23.4 Å². The Labute approximate surface area is 140 Å². The Morgan fingerprint density at radius 3 is 2.39 bits per heavy atom. The van der Waals surface area contributed by atoms with Gasteiger partial charge in [0.25, 0.3) is 5.91 Å². The SMILES string of the molecule is Cc1cc2c(cc1C)N([C@@H](C(=O)NN)C(C)C)C(C)(C)C[C@@H]2C. The normalized spacial score (nSPS) is 21.1. The van der Waals surface area contributed by atoms with Crippen molar-refractivity contribution in [2.24, 2.45) is 11.8 Å². The molecule has 1 amide bonds. The van der Waals surface area contributed by atoms with Gasteiger partial charge in [0.15, 0.2) is 0 Å². The molecule has 0 spiro atoms. The van der Waals surface area contributed by atoms with E-state index < -0.39 is 0 Å². The number of rotatable bonds is 3. The fraction of sp³-hybridized carbons (Fsp3) is 0.632. The zero-order chi connectivity index (χ0) is 17.5. The van der Waals surface area contributed by atoms with Crippen molar-refractivity contribution in [3.63, 3.8) is 0 Å². The first kappa shape index (κ1) is 17.8. The van der Waals surface area contributed by atoms with Crippen LogP contribution in [-0.2, 0) is 4.79 Å². The third-order valence-electron chi connectivity index (χ3n) is 5.21. The molecule has 1 aliphatic heterocycles. The monoisotopic (exact) mass is 317 g/mol. The first-order valence-electron chi connectivity index (χ1n) is 8.51. The molecule has 4 heteroatoms. The molecular weight excluding hydrogens is 286 g/mol. The predicted octanol–water partition coefficient (Wildman–Crippen LogP) is 3.41. The van der Waals surface area contributed by atoms with Crippen molar-refractivity contribution >= 4 is 11.6 Å². The first-order chi connectivity index (χ1) is 10.6. The zero-order valence-corrected chi connectivity index (χ0v) is 15.5. The smallest absolute Gasteiger partial charge is 0.256 e. The molecule has 0 fully saturated rings. The van der Waals surface area contributed by atoms with Crippen molar-refractivity contribution < 1.29 is 4.79 Å². The summed E-state index contributed by atoms with van der Waals surface area (Å²) in [5.41, 5.74) is 7.35. The minimum absolute atomic E-state index is 0.102. The number of aryl methyl sites for hydroxylation is 2. The minimum Gasteiger partial charge on any atom is -0.354 e. The predicted molar refractivity (Wildman–Crippen MR) is 96.5 cm³/mol. The minimum atomic E-state index is -0.275. The lowest BCUT2D eigenvalue weighted by atomic mass is 9.77. The van der Waals surface area contributed by atoms with Gasteiger partial charge in [0.05, 0.1) is 0 Å². The van der Waals surface area contributed by atoms with E-state index >= 15 is 0 Å². The van der Waals surface area contributed by atoms with Crippen LogP contribution in [0, 0.1) is 19.8 Å². The molecule has 23 heavy (non-hydrogen) atoms. The molecule has 0 unspecified atom stereocenters. The van der Waals surface area contributed by atoms with Crippen molar-refractivity contribution in [1.29, 1.82) is 0 Å². The molecule has 128 valence electrons. The van der Waals surface area contributed by atoms with Crippen LogP contribution in [0.15, 0.2) is 12.1 Å². The highest BCUT2D eigenvalue weighted by atomic mass is 16.2. The van der Waals surface area contributed by atoms with Crippen LogP contribution in [0.2, 0.25) is 0 Å². The second-order valence-corrected chi connectivity index (χ2v) is 7.98. The number of hydrogen-bond donors (Lipinski definition) is 2. The molecule has 3 N–H and O–H groups in total. The van der Waals surface area contributed by atoms with Crippen LogP contribution in [0.1, 0.15) is 63.6 Å². The highest BCUT2D eigenvalue weighted by Gasteiger charge is 2.43. The lowest BCUT2D eigenvalue weighted by Crippen LogP contribution is -2.61. The van der Waals surface area contributed by atoms with E-state index in [1.807, 2.05) is 0 Å². The Morgan fingerprint density at radius 2 is 1.87 bits per heavy atom. The second kappa shape index (κ2) is 6.16.